The molecule has 0 saturated heterocycles. The van der Waals surface area contributed by atoms with Crippen LogP contribution in [0, 0.1) is 6.92 Å². The third kappa shape index (κ3) is 21.9. The number of nitrogens with one attached hydrogen (secondary N) is 2. The molecule has 0 aliphatic carbocycles. The number of carbonyl (C=O) groups excluding carboxylic acids is 2. The van der Waals surface area contributed by atoms with Crippen LogP contribution in [0.3, 0.4) is 0 Å². The van der Waals surface area contributed by atoms with Crippen molar-refractivity contribution in [3.05, 3.63) is 6.92 Å². The minimum absolute atomic E-state index is 0.0277. The molecule has 0 aliphatic heterocycles. The first-order valence-electron chi connectivity index (χ1n) is 13.5. The molecule has 2 amide bonds. The fraction of sp³-hybridized carbons (Fsp3) is 0.889. The Morgan fingerprint density at radius 3 is 1.13 bits per heavy atom. The number of carbonyl (C=O) groups is 2. The molecule has 0 rings (SSSR count). The molecule has 0 heterocycles. The van der Waals surface area contributed by atoms with E-state index >= 15 is 0 Å². The zero-order valence-electron chi connectivity index (χ0n) is 21.0. The number of rotatable bonds is 23. The normalized spacial score (nSPS) is 11.1. The van der Waals surface area contributed by atoms with Crippen molar-refractivity contribution >= 4 is 11.8 Å². The van der Waals surface area contributed by atoms with Crippen molar-refractivity contribution in [2.24, 2.45) is 0 Å². The van der Waals surface area contributed by atoms with Gasteiger partial charge in [-0.3, -0.25) is 9.59 Å². The van der Waals surface area contributed by atoms with E-state index in [0.717, 1.165) is 25.7 Å². The Morgan fingerprint density at radius 1 is 0.548 bits per heavy atom. The van der Waals surface area contributed by atoms with Gasteiger partial charge in [0.05, 0.1) is 0 Å². The van der Waals surface area contributed by atoms with Crippen molar-refractivity contribution in [3.63, 3.8) is 0 Å². The van der Waals surface area contributed by atoms with Crippen LogP contribution in [-0.4, -0.2) is 18.0 Å². The average molecular weight is 438 g/mol. The molecular formula is C27H53N2O2. The lowest BCUT2D eigenvalue weighted by Gasteiger charge is -2.18. The first-order chi connectivity index (χ1) is 15.1. The Labute approximate surface area is 194 Å². The monoisotopic (exact) mass is 437 g/mol. The van der Waals surface area contributed by atoms with Crippen LogP contribution in [0.25, 0.3) is 0 Å². The number of hydrogen-bond acceptors (Lipinski definition) is 2. The third-order valence-corrected chi connectivity index (χ3v) is 5.97. The lowest BCUT2D eigenvalue weighted by molar-refractivity contribution is -0.124. The molecule has 0 aromatic carbocycles. The lowest BCUT2D eigenvalue weighted by atomic mass is 10.1. The molecule has 0 unspecified atom stereocenters. The van der Waals surface area contributed by atoms with Gasteiger partial charge in [0.15, 0.2) is 0 Å². The molecule has 1 radical (unpaired) electrons. The maximum absolute atomic E-state index is 12.1. The molecule has 0 spiro atoms. The molecule has 4 nitrogen and oxygen atoms in total. The summed E-state index contributed by atoms with van der Waals surface area (Å²) in [6.07, 6.45) is 23.6. The summed E-state index contributed by atoms with van der Waals surface area (Å²) in [5, 5.41) is 5.85. The summed E-state index contributed by atoms with van der Waals surface area (Å²) in [5.74, 6) is 0.0555. The second-order valence-electron chi connectivity index (χ2n) is 9.13. The van der Waals surface area contributed by atoms with Gasteiger partial charge in [-0.05, 0) is 26.2 Å². The van der Waals surface area contributed by atoms with Crippen molar-refractivity contribution in [2.75, 3.05) is 0 Å². The van der Waals surface area contributed by atoms with Gasteiger partial charge >= 0.3 is 0 Å². The summed E-state index contributed by atoms with van der Waals surface area (Å²) < 4.78 is 0. The zero-order chi connectivity index (χ0) is 23.0. The van der Waals surface area contributed by atoms with Crippen LogP contribution < -0.4 is 10.6 Å². The van der Waals surface area contributed by atoms with E-state index in [9.17, 15) is 9.59 Å². The van der Waals surface area contributed by atoms with E-state index in [1.165, 1.54) is 89.9 Å². The van der Waals surface area contributed by atoms with E-state index in [1.807, 2.05) is 0 Å². The van der Waals surface area contributed by atoms with Crippen molar-refractivity contribution in [3.8, 4) is 0 Å². The topological polar surface area (TPSA) is 58.2 Å². The van der Waals surface area contributed by atoms with Gasteiger partial charge in [0, 0.05) is 12.8 Å². The summed E-state index contributed by atoms with van der Waals surface area (Å²) in [6.45, 7) is 8.35. The maximum Gasteiger partial charge on any atom is 0.221 e. The Hall–Kier alpha value is -1.06. The summed E-state index contributed by atoms with van der Waals surface area (Å²) in [5.41, 5.74) is 0. The first-order valence-corrected chi connectivity index (χ1v) is 13.5. The van der Waals surface area contributed by atoms with Gasteiger partial charge in [-0.15, -0.1) is 0 Å². The van der Waals surface area contributed by atoms with Crippen molar-refractivity contribution < 1.29 is 9.59 Å². The Balaban J connectivity index is 3.64. The minimum Gasteiger partial charge on any atom is -0.336 e. The quantitative estimate of drug-likeness (QED) is 0.128. The van der Waals surface area contributed by atoms with Crippen molar-refractivity contribution in [1.82, 2.24) is 10.6 Å². The Bertz CT molecular complexity index is 376. The van der Waals surface area contributed by atoms with E-state index in [0.29, 0.717) is 19.3 Å². The van der Waals surface area contributed by atoms with Crippen LogP contribution in [0.4, 0.5) is 0 Å². The molecule has 2 N–H and O–H groups in total. The third-order valence-electron chi connectivity index (χ3n) is 5.97. The van der Waals surface area contributed by atoms with E-state index in [-0.39, 0.29) is 18.0 Å². The molecule has 0 saturated carbocycles. The maximum atomic E-state index is 12.1. The highest BCUT2D eigenvalue weighted by Crippen LogP contribution is 2.11. The highest BCUT2D eigenvalue weighted by molar-refractivity contribution is 5.79. The fourth-order valence-electron chi connectivity index (χ4n) is 3.91. The van der Waals surface area contributed by atoms with Crippen LogP contribution in [0.2, 0.25) is 0 Å². The van der Waals surface area contributed by atoms with Crippen LogP contribution in [0.15, 0.2) is 0 Å². The van der Waals surface area contributed by atoms with Gasteiger partial charge in [0.2, 0.25) is 11.8 Å². The van der Waals surface area contributed by atoms with Gasteiger partial charge in [-0.1, -0.05) is 117 Å². The lowest BCUT2D eigenvalue weighted by Crippen LogP contribution is -2.47. The standard InChI is InChI=1S/C27H53N2O2/c1-4-7-9-11-13-15-17-19-21-23-26(30)28-25(6-3)29-27(31)24-22-20-18-16-14-12-10-8-5-2/h25H,3-24H2,1-2H3,(H,28,30)(H,29,31). The predicted octanol–water partition coefficient (Wildman–Crippen LogP) is 7.61. The van der Waals surface area contributed by atoms with E-state index < -0.39 is 0 Å². The summed E-state index contributed by atoms with van der Waals surface area (Å²) in [6, 6.07) is 0. The smallest absolute Gasteiger partial charge is 0.221 e. The molecule has 0 fully saturated rings. The first kappa shape index (κ1) is 29.9. The zero-order valence-corrected chi connectivity index (χ0v) is 21.0. The molecule has 4 heteroatoms. The number of hydrogen-bond donors (Lipinski definition) is 2. The Morgan fingerprint density at radius 2 is 0.839 bits per heavy atom. The van der Waals surface area contributed by atoms with Gasteiger partial charge in [-0.25, -0.2) is 0 Å². The van der Waals surface area contributed by atoms with Crippen LogP contribution >= 0.6 is 0 Å². The highest BCUT2D eigenvalue weighted by atomic mass is 16.2. The highest BCUT2D eigenvalue weighted by Gasteiger charge is 2.12. The summed E-state index contributed by atoms with van der Waals surface area (Å²) >= 11 is 0. The molecule has 0 aromatic heterocycles. The summed E-state index contributed by atoms with van der Waals surface area (Å²) in [4.78, 5) is 24.3. The van der Waals surface area contributed by atoms with E-state index in [4.69, 9.17) is 0 Å². The van der Waals surface area contributed by atoms with Crippen molar-refractivity contribution in [1.29, 1.82) is 0 Å². The van der Waals surface area contributed by atoms with Crippen LogP contribution in [0.1, 0.15) is 149 Å². The molecule has 31 heavy (non-hydrogen) atoms. The second kappa shape index (κ2) is 23.6. The largest absolute Gasteiger partial charge is 0.336 e. The van der Waals surface area contributed by atoms with Crippen molar-refractivity contribution in [2.45, 2.75) is 155 Å². The molecule has 183 valence electrons. The van der Waals surface area contributed by atoms with E-state index in [1.54, 1.807) is 0 Å². The SMILES string of the molecule is [CH2]CC(NC(=O)CCCCCCCCCCC)NC(=O)CCCCCCCCCCC. The molecule has 0 atom stereocenters. The minimum atomic E-state index is -0.336. The summed E-state index contributed by atoms with van der Waals surface area (Å²) in [7, 11) is 0. The second-order valence-corrected chi connectivity index (χ2v) is 9.13. The van der Waals surface area contributed by atoms with Gasteiger partial charge in [0.25, 0.3) is 0 Å². The Kier molecular flexibility index (Phi) is 22.8. The number of amides is 2. The number of unbranched alkanes of at least 4 members (excludes halogenated alkanes) is 16. The molecule has 0 bridgehead atoms. The van der Waals surface area contributed by atoms with Crippen LogP contribution in [0.5, 0.6) is 0 Å². The predicted molar refractivity (Wildman–Crippen MR) is 134 cm³/mol. The van der Waals surface area contributed by atoms with Crippen LogP contribution in [-0.2, 0) is 9.59 Å². The average Bonchev–Trinajstić information content (AvgIpc) is 2.76. The fourth-order valence-corrected chi connectivity index (χ4v) is 3.91. The molecule has 0 aliphatic rings. The molecular weight excluding hydrogens is 384 g/mol. The van der Waals surface area contributed by atoms with Gasteiger partial charge in [0.1, 0.15) is 6.17 Å². The molecule has 0 aromatic rings. The van der Waals surface area contributed by atoms with Gasteiger partial charge < -0.3 is 10.6 Å². The van der Waals surface area contributed by atoms with Gasteiger partial charge in [-0.2, -0.15) is 0 Å². The van der Waals surface area contributed by atoms with E-state index in [2.05, 4.69) is 31.4 Å².